The average molecular weight is 367 g/mol. The summed E-state index contributed by atoms with van der Waals surface area (Å²) in [5, 5.41) is 16.7. The van der Waals surface area contributed by atoms with Gasteiger partial charge in [-0.2, -0.15) is 0 Å². The van der Waals surface area contributed by atoms with Crippen LogP contribution in [0.2, 0.25) is 0 Å². The molecule has 4 nitrogen and oxygen atoms in total. The van der Waals surface area contributed by atoms with Gasteiger partial charge in [-0.25, -0.2) is 0 Å². The van der Waals surface area contributed by atoms with Crippen LogP contribution in [0.15, 0.2) is 0 Å². The van der Waals surface area contributed by atoms with Crippen LogP contribution in [0.4, 0.5) is 0 Å². The van der Waals surface area contributed by atoms with Crippen LogP contribution < -0.4 is 0 Å². The molecule has 0 amide bonds. The predicted molar refractivity (Wildman–Crippen MR) is 111 cm³/mol. The highest BCUT2D eigenvalue weighted by Gasteiger charge is 2.32. The Bertz CT molecular complexity index is 373. The number of hydrogen-bond donors (Lipinski definition) is 2. The molecule has 26 heavy (non-hydrogen) atoms. The summed E-state index contributed by atoms with van der Waals surface area (Å²) < 4.78 is 12.1. The Morgan fingerprint density at radius 3 is 1.46 bits per heavy atom. The van der Waals surface area contributed by atoms with Gasteiger partial charge in [-0.3, -0.25) is 0 Å². The van der Waals surface area contributed by atoms with E-state index in [1.807, 2.05) is 0 Å². The summed E-state index contributed by atoms with van der Waals surface area (Å²) in [6.45, 7) is 10.3. The summed E-state index contributed by atoms with van der Waals surface area (Å²) in [6.07, 6.45) is 10.2. The summed E-state index contributed by atoms with van der Waals surface area (Å²) in [4.78, 5) is 0. The van der Waals surface area contributed by atoms with Crippen molar-refractivity contribution in [2.75, 3.05) is 13.2 Å². The molecule has 1 aliphatic rings. The number of nitrogens with one attached hydrogen (secondary N) is 2. The van der Waals surface area contributed by atoms with Gasteiger partial charge >= 0.3 is 0 Å². The zero-order valence-electron chi connectivity index (χ0n) is 17.6. The van der Waals surface area contributed by atoms with Crippen LogP contribution in [0.25, 0.3) is 0 Å². The average Bonchev–Trinajstić information content (AvgIpc) is 2.65. The fourth-order valence-electron chi connectivity index (χ4n) is 3.53. The molecule has 4 atom stereocenters. The lowest BCUT2D eigenvalue weighted by atomic mass is 9.90. The molecule has 4 heteroatoms. The van der Waals surface area contributed by atoms with E-state index >= 15 is 0 Å². The van der Waals surface area contributed by atoms with Gasteiger partial charge in [0.2, 0.25) is 0 Å². The first-order valence-corrected chi connectivity index (χ1v) is 10.9. The Kier molecular flexibility index (Phi) is 12.0. The maximum absolute atomic E-state index is 8.35. The number of unbranched alkanes of at least 4 members (excludes halogenated alkanes) is 2. The minimum Gasteiger partial charge on any atom is -0.372 e. The number of rotatable bonds is 14. The van der Waals surface area contributed by atoms with Crippen molar-refractivity contribution >= 4 is 11.4 Å². The highest BCUT2D eigenvalue weighted by Crippen LogP contribution is 2.23. The topological polar surface area (TPSA) is 66.2 Å². The molecule has 152 valence electrons. The molecule has 0 saturated heterocycles. The largest absolute Gasteiger partial charge is 0.372 e. The lowest BCUT2D eigenvalue weighted by Crippen LogP contribution is -2.42. The first-order chi connectivity index (χ1) is 12.5. The van der Waals surface area contributed by atoms with Crippen LogP contribution in [0, 0.1) is 22.7 Å². The van der Waals surface area contributed by atoms with Crippen molar-refractivity contribution in [1.82, 2.24) is 0 Å². The maximum Gasteiger partial charge on any atom is 0.100 e. The van der Waals surface area contributed by atoms with Gasteiger partial charge in [0, 0.05) is 24.3 Å². The van der Waals surface area contributed by atoms with Crippen molar-refractivity contribution in [2.45, 2.75) is 104 Å². The van der Waals surface area contributed by atoms with Crippen molar-refractivity contribution in [3.8, 4) is 0 Å². The van der Waals surface area contributed by atoms with E-state index in [0.717, 1.165) is 26.1 Å². The van der Waals surface area contributed by atoms with Crippen molar-refractivity contribution in [3.05, 3.63) is 0 Å². The Morgan fingerprint density at radius 2 is 1.15 bits per heavy atom. The zero-order valence-corrected chi connectivity index (χ0v) is 17.6. The van der Waals surface area contributed by atoms with Gasteiger partial charge in [-0.15, -0.1) is 0 Å². The van der Waals surface area contributed by atoms with Crippen LogP contribution in [0.5, 0.6) is 0 Å². The Labute approximate surface area is 161 Å². The van der Waals surface area contributed by atoms with E-state index in [2.05, 4.69) is 27.7 Å². The van der Waals surface area contributed by atoms with E-state index in [4.69, 9.17) is 20.3 Å². The summed E-state index contributed by atoms with van der Waals surface area (Å²) in [5.74, 6) is 1.16. The molecule has 2 N–H and O–H groups in total. The lowest BCUT2D eigenvalue weighted by Gasteiger charge is -2.32. The third-order valence-electron chi connectivity index (χ3n) is 5.74. The molecule has 1 saturated carbocycles. The standard InChI is InChI=1S/C22H42N2O2/c1-5-9-11-17(7-3)15-25-21-13-20(24)22(14-19(21)23)26-16-18(8-4)12-10-6-2/h17-18,21-24H,5-16H2,1-4H3. The predicted octanol–water partition coefficient (Wildman–Crippen LogP) is 6.02. The van der Waals surface area contributed by atoms with Crippen LogP contribution in [-0.4, -0.2) is 36.8 Å². The van der Waals surface area contributed by atoms with Crippen molar-refractivity contribution in [2.24, 2.45) is 11.8 Å². The quantitative estimate of drug-likeness (QED) is 0.394. The van der Waals surface area contributed by atoms with Gasteiger partial charge in [0.15, 0.2) is 0 Å². The van der Waals surface area contributed by atoms with Crippen molar-refractivity contribution in [1.29, 1.82) is 10.8 Å². The summed E-state index contributed by atoms with van der Waals surface area (Å²) in [5.41, 5.74) is 1.22. The fraction of sp³-hybridized carbons (Fsp3) is 0.909. The number of hydrogen-bond acceptors (Lipinski definition) is 4. The smallest absolute Gasteiger partial charge is 0.100 e. The van der Waals surface area contributed by atoms with Gasteiger partial charge in [-0.05, 0) is 24.7 Å². The molecule has 0 aromatic heterocycles. The molecule has 0 radical (unpaired) electrons. The lowest BCUT2D eigenvalue weighted by molar-refractivity contribution is 0.0383. The van der Waals surface area contributed by atoms with Gasteiger partial charge in [0.25, 0.3) is 0 Å². The Morgan fingerprint density at radius 1 is 0.769 bits per heavy atom. The molecular formula is C22H42N2O2. The van der Waals surface area contributed by atoms with Crippen LogP contribution in [0.3, 0.4) is 0 Å². The highest BCUT2D eigenvalue weighted by atomic mass is 16.5. The normalized spacial score (nSPS) is 23.2. The van der Waals surface area contributed by atoms with E-state index in [0.29, 0.717) is 36.1 Å². The Balaban J connectivity index is 2.41. The fourth-order valence-corrected chi connectivity index (χ4v) is 3.53. The van der Waals surface area contributed by atoms with E-state index < -0.39 is 0 Å². The molecule has 1 rings (SSSR count). The molecule has 4 unspecified atom stereocenters. The molecule has 0 spiro atoms. The molecule has 0 heterocycles. The Hall–Kier alpha value is -0.740. The van der Waals surface area contributed by atoms with Gasteiger partial charge < -0.3 is 20.3 Å². The molecule has 1 fully saturated rings. The van der Waals surface area contributed by atoms with Gasteiger partial charge in [0.1, 0.15) is 12.2 Å². The number of ether oxygens (including phenoxy) is 2. The zero-order chi connectivity index (χ0) is 19.4. The summed E-state index contributed by atoms with van der Waals surface area (Å²) in [7, 11) is 0. The van der Waals surface area contributed by atoms with Crippen LogP contribution in [0.1, 0.15) is 91.9 Å². The van der Waals surface area contributed by atoms with E-state index in [-0.39, 0.29) is 12.2 Å². The maximum atomic E-state index is 8.35. The highest BCUT2D eigenvalue weighted by molar-refractivity contribution is 6.01. The van der Waals surface area contributed by atoms with Gasteiger partial charge in [-0.1, -0.05) is 66.2 Å². The first kappa shape index (κ1) is 23.3. The molecule has 0 aliphatic heterocycles. The second kappa shape index (κ2) is 13.4. The molecular weight excluding hydrogens is 324 g/mol. The first-order valence-electron chi connectivity index (χ1n) is 10.9. The minimum atomic E-state index is -0.208. The van der Waals surface area contributed by atoms with E-state index in [1.165, 1.54) is 38.5 Å². The van der Waals surface area contributed by atoms with Crippen molar-refractivity contribution in [3.63, 3.8) is 0 Å². The third-order valence-corrected chi connectivity index (χ3v) is 5.74. The second-order valence-corrected chi connectivity index (χ2v) is 7.94. The third kappa shape index (κ3) is 8.30. The van der Waals surface area contributed by atoms with Crippen LogP contribution >= 0.6 is 0 Å². The minimum absolute atomic E-state index is 0.208. The summed E-state index contributed by atoms with van der Waals surface area (Å²) >= 11 is 0. The van der Waals surface area contributed by atoms with Crippen LogP contribution in [-0.2, 0) is 9.47 Å². The van der Waals surface area contributed by atoms with E-state index in [9.17, 15) is 0 Å². The molecule has 0 aromatic carbocycles. The van der Waals surface area contributed by atoms with Crippen molar-refractivity contribution < 1.29 is 9.47 Å². The molecule has 0 bridgehead atoms. The van der Waals surface area contributed by atoms with E-state index in [1.54, 1.807) is 0 Å². The monoisotopic (exact) mass is 366 g/mol. The second-order valence-electron chi connectivity index (χ2n) is 7.94. The molecule has 0 aromatic rings. The molecule has 1 aliphatic carbocycles. The SMILES string of the molecule is CCCCC(CC)COC1CC(=N)C(OCC(CC)CCCC)CC1=N. The summed E-state index contributed by atoms with van der Waals surface area (Å²) in [6, 6.07) is 0. The van der Waals surface area contributed by atoms with Gasteiger partial charge in [0.05, 0.1) is 13.2 Å².